The third-order valence-electron chi connectivity index (χ3n) is 2.93. The lowest BCUT2D eigenvalue weighted by atomic mass is 10.1. The Bertz CT molecular complexity index is 685. The number of carboxylic acids is 2. The van der Waals surface area contributed by atoms with Gasteiger partial charge < -0.3 is 19.9 Å². The first-order chi connectivity index (χ1) is 10.5. The van der Waals surface area contributed by atoms with Crippen molar-refractivity contribution in [3.8, 4) is 0 Å². The third kappa shape index (κ3) is 4.14. The van der Waals surface area contributed by atoms with Crippen molar-refractivity contribution in [3.63, 3.8) is 0 Å². The predicted octanol–water partition coefficient (Wildman–Crippen LogP) is 2.53. The van der Waals surface area contributed by atoms with Crippen molar-refractivity contribution in [1.29, 1.82) is 0 Å². The Hall–Kier alpha value is -2.22. The summed E-state index contributed by atoms with van der Waals surface area (Å²) in [4.78, 5) is 25.9. The van der Waals surface area contributed by atoms with Gasteiger partial charge in [0.15, 0.2) is 5.58 Å². The van der Waals surface area contributed by atoms with Gasteiger partial charge in [-0.25, -0.2) is 4.98 Å². The van der Waals surface area contributed by atoms with Crippen LogP contribution in [0.2, 0.25) is 0 Å². The van der Waals surface area contributed by atoms with E-state index in [2.05, 4.69) is 10.3 Å². The molecule has 1 atom stereocenters. The van der Waals surface area contributed by atoms with Crippen molar-refractivity contribution in [2.24, 2.45) is 5.92 Å². The van der Waals surface area contributed by atoms with Gasteiger partial charge in [0.1, 0.15) is 5.52 Å². The van der Waals surface area contributed by atoms with Crippen molar-refractivity contribution in [3.05, 3.63) is 18.2 Å². The number of anilines is 1. The van der Waals surface area contributed by atoms with E-state index in [9.17, 15) is 9.59 Å². The molecule has 0 aliphatic heterocycles. The number of oxazole rings is 1. The highest BCUT2D eigenvalue weighted by Gasteiger charge is 2.22. The molecule has 7 nitrogen and oxygen atoms in total. The molecule has 0 aliphatic rings. The molecule has 1 aromatic heterocycles. The van der Waals surface area contributed by atoms with Crippen molar-refractivity contribution in [2.75, 3.05) is 17.6 Å². The quantitative estimate of drug-likeness (QED) is 0.635. The Balaban J connectivity index is 2.07. The number of aromatic nitrogens is 1. The van der Waals surface area contributed by atoms with Gasteiger partial charge in [0.2, 0.25) is 0 Å². The number of thioether (sulfide) groups is 1. The van der Waals surface area contributed by atoms with Gasteiger partial charge in [-0.2, -0.15) is 0 Å². The summed E-state index contributed by atoms with van der Waals surface area (Å²) in [5.41, 5.74) is 2.20. The Kier molecular flexibility index (Phi) is 5.26. The van der Waals surface area contributed by atoms with E-state index in [1.54, 1.807) is 6.07 Å². The largest absolute Gasteiger partial charge is 0.481 e. The van der Waals surface area contributed by atoms with E-state index < -0.39 is 24.3 Å². The van der Waals surface area contributed by atoms with Crippen LogP contribution in [0.1, 0.15) is 13.3 Å². The number of carboxylic acid groups (broad SMARTS) is 2. The second-order valence-corrected chi connectivity index (χ2v) is 5.61. The molecule has 22 heavy (non-hydrogen) atoms. The zero-order valence-electron chi connectivity index (χ0n) is 11.9. The topological polar surface area (TPSA) is 113 Å². The van der Waals surface area contributed by atoms with Crippen molar-refractivity contribution in [1.82, 2.24) is 4.98 Å². The Morgan fingerprint density at radius 1 is 1.41 bits per heavy atom. The average molecular weight is 324 g/mol. The first-order valence-corrected chi connectivity index (χ1v) is 7.70. The molecule has 1 heterocycles. The van der Waals surface area contributed by atoms with Crippen molar-refractivity contribution in [2.45, 2.75) is 18.6 Å². The zero-order chi connectivity index (χ0) is 16.1. The second kappa shape index (κ2) is 7.17. The normalized spacial score (nSPS) is 12.2. The maximum Gasteiger partial charge on any atom is 0.307 e. The monoisotopic (exact) mass is 324 g/mol. The Morgan fingerprint density at radius 2 is 2.18 bits per heavy atom. The van der Waals surface area contributed by atoms with Crippen LogP contribution < -0.4 is 5.32 Å². The summed E-state index contributed by atoms with van der Waals surface area (Å²) in [6.07, 6.45) is -0.423. The standard InChI is InChI=1S/C14H16N2O5S/c1-2-15-9-3-4-11-10(6-9)16-14(21-11)22-7-8(13(19)20)5-12(17)18/h3-4,6,8,15H,2,5,7H2,1H3,(H,17,18)(H,19,20). The molecule has 0 amide bonds. The molecule has 8 heteroatoms. The van der Waals surface area contributed by atoms with E-state index in [0.717, 1.165) is 24.0 Å². The van der Waals surface area contributed by atoms with Crippen LogP contribution in [0.25, 0.3) is 11.1 Å². The minimum Gasteiger partial charge on any atom is -0.481 e. The summed E-state index contributed by atoms with van der Waals surface area (Å²) in [5, 5.41) is 21.2. The fourth-order valence-electron chi connectivity index (χ4n) is 1.88. The van der Waals surface area contributed by atoms with Gasteiger partial charge >= 0.3 is 11.9 Å². The van der Waals surface area contributed by atoms with Crippen LogP contribution in [0, 0.1) is 5.92 Å². The molecule has 3 N–H and O–H groups in total. The number of aliphatic carboxylic acids is 2. The molecular weight excluding hydrogens is 308 g/mol. The van der Waals surface area contributed by atoms with Crippen LogP contribution in [0.15, 0.2) is 27.8 Å². The number of nitrogens with one attached hydrogen (secondary N) is 1. The van der Waals surface area contributed by atoms with Crippen LogP contribution in [0.4, 0.5) is 5.69 Å². The van der Waals surface area contributed by atoms with E-state index in [4.69, 9.17) is 14.6 Å². The summed E-state index contributed by atoms with van der Waals surface area (Å²) in [5.74, 6) is -3.16. The highest BCUT2D eigenvalue weighted by atomic mass is 32.2. The number of carbonyl (C=O) groups is 2. The number of fused-ring (bicyclic) bond motifs is 1. The molecule has 0 aliphatic carbocycles. The summed E-state index contributed by atoms with van der Waals surface area (Å²) in [6.45, 7) is 2.78. The molecule has 0 saturated heterocycles. The summed E-state index contributed by atoms with van der Waals surface area (Å²) < 4.78 is 5.52. The van der Waals surface area contributed by atoms with E-state index >= 15 is 0 Å². The molecule has 0 spiro atoms. The van der Waals surface area contributed by atoms with Crippen LogP contribution in [0.5, 0.6) is 0 Å². The minimum absolute atomic E-state index is 0.0918. The molecule has 1 unspecified atom stereocenters. The number of hydrogen-bond acceptors (Lipinski definition) is 6. The van der Waals surface area contributed by atoms with Crippen LogP contribution in [0.3, 0.4) is 0 Å². The lowest BCUT2D eigenvalue weighted by Gasteiger charge is -2.06. The third-order valence-corrected chi connectivity index (χ3v) is 3.92. The van der Waals surface area contributed by atoms with Crippen molar-refractivity contribution < 1.29 is 24.2 Å². The molecule has 2 rings (SSSR count). The van der Waals surface area contributed by atoms with Gasteiger partial charge in [0.25, 0.3) is 5.22 Å². The fourth-order valence-corrected chi connectivity index (χ4v) is 2.80. The van der Waals surface area contributed by atoms with Gasteiger partial charge in [-0.15, -0.1) is 0 Å². The summed E-state index contributed by atoms with van der Waals surface area (Å²) in [6, 6.07) is 5.50. The summed E-state index contributed by atoms with van der Waals surface area (Å²) >= 11 is 1.10. The highest BCUT2D eigenvalue weighted by Crippen LogP contribution is 2.27. The molecule has 0 bridgehead atoms. The lowest BCUT2D eigenvalue weighted by molar-refractivity contribution is -0.147. The number of hydrogen-bond donors (Lipinski definition) is 3. The second-order valence-electron chi connectivity index (χ2n) is 4.64. The molecule has 0 radical (unpaired) electrons. The maximum atomic E-state index is 11.0. The number of benzene rings is 1. The van der Waals surface area contributed by atoms with Gasteiger partial charge in [-0.1, -0.05) is 11.8 Å². The first-order valence-electron chi connectivity index (χ1n) is 6.71. The first kappa shape index (κ1) is 16.2. The molecule has 1 aromatic carbocycles. The van der Waals surface area contributed by atoms with Crippen LogP contribution in [-0.2, 0) is 9.59 Å². The Labute approximate surface area is 130 Å². The van der Waals surface area contributed by atoms with E-state index in [-0.39, 0.29) is 5.75 Å². The SMILES string of the molecule is CCNc1ccc2oc(SCC(CC(=O)O)C(=O)O)nc2c1. The lowest BCUT2D eigenvalue weighted by Crippen LogP contribution is -2.20. The van der Waals surface area contributed by atoms with Gasteiger partial charge in [-0.3, -0.25) is 9.59 Å². The van der Waals surface area contributed by atoms with Crippen LogP contribution >= 0.6 is 11.8 Å². The van der Waals surface area contributed by atoms with E-state index in [1.807, 2.05) is 19.1 Å². The van der Waals surface area contributed by atoms with Gasteiger partial charge in [0, 0.05) is 18.0 Å². The molecule has 2 aromatic rings. The number of rotatable bonds is 8. The molecule has 0 fully saturated rings. The molecular formula is C14H16N2O5S. The van der Waals surface area contributed by atoms with Crippen molar-refractivity contribution >= 4 is 40.5 Å². The van der Waals surface area contributed by atoms with Gasteiger partial charge in [0.05, 0.1) is 12.3 Å². The Morgan fingerprint density at radius 3 is 2.82 bits per heavy atom. The molecule has 118 valence electrons. The molecule has 0 saturated carbocycles. The minimum atomic E-state index is -1.14. The van der Waals surface area contributed by atoms with E-state index in [0.29, 0.717) is 16.3 Å². The average Bonchev–Trinajstić information content (AvgIpc) is 2.85. The van der Waals surface area contributed by atoms with Crippen LogP contribution in [-0.4, -0.2) is 39.4 Å². The number of nitrogens with zero attached hydrogens (tertiary/aromatic N) is 1. The smallest absolute Gasteiger partial charge is 0.307 e. The summed E-state index contributed by atoms with van der Waals surface area (Å²) in [7, 11) is 0. The predicted molar refractivity (Wildman–Crippen MR) is 82.3 cm³/mol. The zero-order valence-corrected chi connectivity index (χ0v) is 12.7. The fraction of sp³-hybridized carbons (Fsp3) is 0.357. The maximum absolute atomic E-state index is 11.0. The highest BCUT2D eigenvalue weighted by molar-refractivity contribution is 7.99. The van der Waals surface area contributed by atoms with E-state index in [1.165, 1.54) is 0 Å². The van der Waals surface area contributed by atoms with Gasteiger partial charge in [-0.05, 0) is 25.1 Å².